The fourth-order valence-corrected chi connectivity index (χ4v) is 7.43. The first kappa shape index (κ1) is 61.1. The van der Waals surface area contributed by atoms with E-state index in [1.807, 2.05) is 12.2 Å². The first-order chi connectivity index (χ1) is 33.0. The zero-order valence-electron chi connectivity index (χ0n) is 41.1. The molecule has 15 nitrogen and oxygen atoms in total. The lowest BCUT2D eigenvalue weighted by atomic mass is 9.98. The molecule has 2 saturated heterocycles. The molecular weight excluding hydrogens is 877 g/mol. The monoisotopic (exact) mass is 965 g/mol. The molecule has 0 bridgehead atoms. The first-order valence-corrected chi connectivity index (χ1v) is 25.5. The van der Waals surface area contributed by atoms with Crippen LogP contribution in [-0.2, 0) is 38.0 Å². The van der Waals surface area contributed by atoms with E-state index in [4.69, 9.17) is 28.4 Å². The summed E-state index contributed by atoms with van der Waals surface area (Å²) in [4.78, 5) is 25.7. The van der Waals surface area contributed by atoms with E-state index in [-0.39, 0.29) is 19.4 Å². The lowest BCUT2D eigenvalue weighted by Crippen LogP contribution is -2.61. The summed E-state index contributed by atoms with van der Waals surface area (Å²) < 4.78 is 33.4. The summed E-state index contributed by atoms with van der Waals surface area (Å²) in [5.74, 6) is -1.05. The highest BCUT2D eigenvalue weighted by molar-refractivity contribution is 5.70. The minimum absolute atomic E-state index is 0.0880. The molecule has 390 valence electrons. The fourth-order valence-electron chi connectivity index (χ4n) is 7.43. The van der Waals surface area contributed by atoms with Crippen LogP contribution < -0.4 is 0 Å². The van der Waals surface area contributed by atoms with E-state index < -0.39 is 99.3 Å². The summed E-state index contributed by atoms with van der Waals surface area (Å²) in [5.41, 5.74) is 0. The second kappa shape index (κ2) is 39.6. The maximum atomic E-state index is 13.0. The molecule has 0 spiro atoms. The number of unbranched alkanes of at least 4 members (excludes halogenated alkanes) is 12. The van der Waals surface area contributed by atoms with Gasteiger partial charge < -0.3 is 64.2 Å². The van der Waals surface area contributed by atoms with Crippen LogP contribution in [-0.4, -0.2) is 142 Å². The normalized spacial score (nSPS) is 26.4. The van der Waals surface area contributed by atoms with Gasteiger partial charge in [-0.1, -0.05) is 138 Å². The molecule has 11 atom stereocenters. The minimum atomic E-state index is -1.78. The second-order valence-corrected chi connectivity index (χ2v) is 17.6. The van der Waals surface area contributed by atoms with Gasteiger partial charge in [0.05, 0.1) is 19.8 Å². The number of esters is 2. The van der Waals surface area contributed by atoms with Crippen LogP contribution in [0.15, 0.2) is 72.9 Å². The van der Waals surface area contributed by atoms with Gasteiger partial charge in [-0.25, -0.2) is 0 Å². The van der Waals surface area contributed by atoms with Crippen molar-refractivity contribution in [3.8, 4) is 0 Å². The summed E-state index contributed by atoms with van der Waals surface area (Å²) in [6, 6.07) is 0. The van der Waals surface area contributed by atoms with Gasteiger partial charge in [-0.3, -0.25) is 9.59 Å². The summed E-state index contributed by atoms with van der Waals surface area (Å²) in [5, 5.41) is 72.0. The van der Waals surface area contributed by atoms with Gasteiger partial charge in [0, 0.05) is 12.8 Å². The summed E-state index contributed by atoms with van der Waals surface area (Å²) >= 11 is 0. The van der Waals surface area contributed by atoms with Gasteiger partial charge in [0.1, 0.15) is 55.4 Å². The molecule has 2 aliphatic heterocycles. The van der Waals surface area contributed by atoms with E-state index in [1.165, 1.54) is 57.8 Å². The zero-order chi connectivity index (χ0) is 49.6. The highest BCUT2D eigenvalue weighted by Crippen LogP contribution is 2.26. The van der Waals surface area contributed by atoms with E-state index in [0.29, 0.717) is 12.8 Å². The standard InChI is InChI=1S/C53H88O15/c1-3-5-7-9-11-13-15-17-18-19-20-21-22-24-25-27-29-31-33-35-44(55)63-38-41(66-45(56)36-34-32-30-28-26-23-16-14-12-10-8-6-4-2)39-64-52-51(62)49(60)47(58)43(68-52)40-65-53-50(61)48(59)46(57)42(37-54)67-53/h11,13,17-18,20-21,23-26,29,31,41-43,46-54,57-62H,3-10,12,14-16,19,22,27-28,30,32-40H2,1-2H3/b13-11+,18-17+,21-20+,25-24+,26-23+,31-29+/t41-,42+,43+,46-,47-,48?,49?,50?,51?,52+,53+/m0/s1. The number of carbonyl (C=O) groups is 2. The van der Waals surface area contributed by atoms with Crippen molar-refractivity contribution >= 4 is 11.9 Å². The van der Waals surface area contributed by atoms with Crippen molar-refractivity contribution in [1.29, 1.82) is 0 Å². The Morgan fingerprint density at radius 1 is 0.471 bits per heavy atom. The first-order valence-electron chi connectivity index (χ1n) is 25.5. The summed E-state index contributed by atoms with van der Waals surface area (Å²) in [7, 11) is 0. The molecule has 0 saturated carbocycles. The van der Waals surface area contributed by atoms with Crippen molar-refractivity contribution in [3.05, 3.63) is 72.9 Å². The van der Waals surface area contributed by atoms with Crippen LogP contribution >= 0.6 is 0 Å². The number of hydrogen-bond acceptors (Lipinski definition) is 15. The van der Waals surface area contributed by atoms with Crippen LogP contribution in [0, 0.1) is 0 Å². The number of rotatable bonds is 38. The summed E-state index contributed by atoms with van der Waals surface area (Å²) in [6.07, 6.45) is 29.5. The lowest BCUT2D eigenvalue weighted by molar-refractivity contribution is -0.332. The van der Waals surface area contributed by atoms with E-state index in [1.54, 1.807) is 0 Å². The lowest BCUT2D eigenvalue weighted by Gasteiger charge is -2.42. The largest absolute Gasteiger partial charge is 0.462 e. The van der Waals surface area contributed by atoms with Crippen molar-refractivity contribution in [3.63, 3.8) is 0 Å². The predicted molar refractivity (Wildman–Crippen MR) is 261 cm³/mol. The number of carbonyl (C=O) groups excluding carboxylic acids is 2. The van der Waals surface area contributed by atoms with Crippen molar-refractivity contribution in [1.82, 2.24) is 0 Å². The van der Waals surface area contributed by atoms with Crippen LogP contribution in [0.1, 0.15) is 155 Å². The molecule has 0 aromatic rings. The molecular formula is C53H88O15. The van der Waals surface area contributed by atoms with Gasteiger partial charge >= 0.3 is 11.9 Å². The molecule has 0 radical (unpaired) electrons. The third-order valence-electron chi connectivity index (χ3n) is 11.7. The Balaban J connectivity index is 1.85. The Bertz CT molecular complexity index is 1460. The third-order valence-corrected chi connectivity index (χ3v) is 11.7. The number of aliphatic hydroxyl groups is 7. The average Bonchev–Trinajstić information content (AvgIpc) is 3.33. The van der Waals surface area contributed by atoms with Gasteiger partial charge in [0.15, 0.2) is 18.7 Å². The molecule has 15 heteroatoms. The molecule has 2 aliphatic rings. The van der Waals surface area contributed by atoms with Crippen LogP contribution in [0.4, 0.5) is 0 Å². The Morgan fingerprint density at radius 3 is 1.49 bits per heavy atom. The maximum absolute atomic E-state index is 13.0. The third kappa shape index (κ3) is 27.4. The fraction of sp³-hybridized carbons (Fsp3) is 0.736. The highest BCUT2D eigenvalue weighted by Gasteiger charge is 2.47. The Labute approximate surface area is 406 Å². The van der Waals surface area contributed by atoms with E-state index >= 15 is 0 Å². The highest BCUT2D eigenvalue weighted by atomic mass is 16.7. The minimum Gasteiger partial charge on any atom is -0.462 e. The van der Waals surface area contributed by atoms with Gasteiger partial charge in [0.2, 0.25) is 0 Å². The van der Waals surface area contributed by atoms with E-state index in [0.717, 1.165) is 57.8 Å². The number of hydrogen-bond donors (Lipinski definition) is 7. The quantitative estimate of drug-likeness (QED) is 0.0187. The maximum Gasteiger partial charge on any atom is 0.306 e. The zero-order valence-corrected chi connectivity index (χ0v) is 41.1. The molecule has 7 N–H and O–H groups in total. The van der Waals surface area contributed by atoms with Crippen molar-refractivity contribution < 1.29 is 73.8 Å². The predicted octanol–water partition coefficient (Wildman–Crippen LogP) is 7.04. The Morgan fingerprint density at radius 2 is 0.912 bits per heavy atom. The number of aliphatic hydroxyl groups excluding tert-OH is 7. The molecule has 2 fully saturated rings. The Hall–Kier alpha value is -3.06. The van der Waals surface area contributed by atoms with Crippen molar-refractivity contribution in [2.45, 2.75) is 223 Å². The van der Waals surface area contributed by atoms with Crippen LogP contribution in [0.2, 0.25) is 0 Å². The molecule has 0 aromatic carbocycles. The van der Waals surface area contributed by atoms with Crippen LogP contribution in [0.3, 0.4) is 0 Å². The molecule has 0 aliphatic carbocycles. The van der Waals surface area contributed by atoms with Gasteiger partial charge in [-0.15, -0.1) is 0 Å². The molecule has 68 heavy (non-hydrogen) atoms. The second-order valence-electron chi connectivity index (χ2n) is 17.6. The van der Waals surface area contributed by atoms with E-state index in [2.05, 4.69) is 74.6 Å². The molecule has 2 heterocycles. The van der Waals surface area contributed by atoms with E-state index in [9.17, 15) is 45.3 Å². The van der Waals surface area contributed by atoms with Crippen molar-refractivity contribution in [2.24, 2.45) is 0 Å². The number of ether oxygens (including phenoxy) is 6. The topological polar surface area (TPSA) is 231 Å². The molecule has 0 aromatic heterocycles. The van der Waals surface area contributed by atoms with Crippen LogP contribution in [0.5, 0.6) is 0 Å². The van der Waals surface area contributed by atoms with Gasteiger partial charge in [-0.05, 0) is 77.0 Å². The van der Waals surface area contributed by atoms with Crippen LogP contribution in [0.25, 0.3) is 0 Å². The molecule has 0 amide bonds. The SMILES string of the molecule is CCCCC/C=C/C/C=C/C/C=C/C/C=C/C/C=C/CCC(=O)OC[C@@H](CO[C@@H]1O[C@H](CO[C@@H]2O[C@H](CO)[C@H](O)C(O)C2O)[C@H](O)C(O)C1O)OC(=O)CCCCC/C=C/CCCCCCCC. The van der Waals surface area contributed by atoms with Gasteiger partial charge in [0.25, 0.3) is 0 Å². The average molecular weight is 965 g/mol. The van der Waals surface area contributed by atoms with Gasteiger partial charge in [-0.2, -0.15) is 0 Å². The molecule has 2 rings (SSSR count). The van der Waals surface area contributed by atoms with Crippen molar-refractivity contribution in [2.75, 3.05) is 26.4 Å². The molecule has 4 unspecified atom stereocenters. The summed E-state index contributed by atoms with van der Waals surface area (Å²) in [6.45, 7) is 2.44. The smallest absolute Gasteiger partial charge is 0.306 e. The Kier molecular flexibility index (Phi) is 35.6. The number of allylic oxidation sites excluding steroid dienone is 12.